The van der Waals surface area contributed by atoms with E-state index in [9.17, 15) is 14.4 Å². The van der Waals surface area contributed by atoms with Crippen LogP contribution < -0.4 is 10.6 Å². The maximum atomic E-state index is 13.3. The number of ether oxygens (including phenoxy) is 2. The van der Waals surface area contributed by atoms with E-state index in [4.69, 9.17) is 9.47 Å². The Morgan fingerprint density at radius 2 is 1.78 bits per heavy atom. The minimum atomic E-state index is -0.609. The van der Waals surface area contributed by atoms with Crippen LogP contribution in [-0.4, -0.2) is 36.6 Å². The van der Waals surface area contributed by atoms with Gasteiger partial charge in [-0.05, 0) is 95.4 Å². The molecule has 200 valence electrons. The van der Waals surface area contributed by atoms with Crippen molar-refractivity contribution in [1.82, 2.24) is 5.32 Å². The molecule has 8 heteroatoms. The van der Waals surface area contributed by atoms with Crippen molar-refractivity contribution < 1.29 is 23.9 Å². The van der Waals surface area contributed by atoms with Crippen molar-refractivity contribution >= 4 is 34.2 Å². The summed E-state index contributed by atoms with van der Waals surface area (Å²) >= 11 is 1.50. The van der Waals surface area contributed by atoms with E-state index in [1.54, 1.807) is 6.07 Å². The van der Waals surface area contributed by atoms with Gasteiger partial charge in [0.2, 0.25) is 0 Å². The molecule has 2 N–H and O–H groups in total. The number of rotatable bonds is 7. The number of carbonyl (C=O) groups excluding carboxylic acids is 3. The molecule has 1 heterocycles. The molecular formula is C29H38N2O5S. The largest absolute Gasteiger partial charge is 0.469 e. The van der Waals surface area contributed by atoms with E-state index in [2.05, 4.69) is 10.6 Å². The topological polar surface area (TPSA) is 93.7 Å². The highest BCUT2D eigenvalue weighted by Crippen LogP contribution is 2.39. The van der Waals surface area contributed by atoms with E-state index in [1.807, 2.05) is 39.0 Å². The molecule has 0 radical (unpaired) electrons. The van der Waals surface area contributed by atoms with Crippen molar-refractivity contribution in [3.8, 4) is 0 Å². The van der Waals surface area contributed by atoms with Crippen molar-refractivity contribution in [3.63, 3.8) is 0 Å². The minimum Gasteiger partial charge on any atom is -0.469 e. The number of hydrogen-bond donors (Lipinski definition) is 2. The van der Waals surface area contributed by atoms with Crippen molar-refractivity contribution in [2.24, 2.45) is 5.92 Å². The number of esters is 2. The van der Waals surface area contributed by atoms with Crippen LogP contribution in [0.1, 0.15) is 96.0 Å². The van der Waals surface area contributed by atoms with E-state index in [1.165, 1.54) is 23.3 Å². The van der Waals surface area contributed by atoms with E-state index in [-0.39, 0.29) is 23.8 Å². The molecule has 7 nitrogen and oxygen atoms in total. The molecule has 1 saturated carbocycles. The van der Waals surface area contributed by atoms with Gasteiger partial charge in [0.05, 0.1) is 18.6 Å². The Morgan fingerprint density at radius 3 is 2.49 bits per heavy atom. The number of nitrogens with one attached hydrogen (secondary N) is 2. The molecule has 2 aromatic rings. The summed E-state index contributed by atoms with van der Waals surface area (Å²) < 4.78 is 10.6. The van der Waals surface area contributed by atoms with Gasteiger partial charge in [-0.3, -0.25) is 9.59 Å². The average Bonchev–Trinajstić information content (AvgIpc) is 3.24. The fraction of sp³-hybridized carbons (Fsp3) is 0.552. The van der Waals surface area contributed by atoms with Crippen LogP contribution in [0.5, 0.6) is 0 Å². The van der Waals surface area contributed by atoms with Gasteiger partial charge in [0.25, 0.3) is 5.91 Å². The second-order valence-corrected chi connectivity index (χ2v) is 12.1. The molecular weight excluding hydrogens is 488 g/mol. The van der Waals surface area contributed by atoms with Crippen LogP contribution >= 0.6 is 11.3 Å². The number of hydrogen-bond acceptors (Lipinski definition) is 7. The lowest BCUT2D eigenvalue weighted by Gasteiger charge is -2.27. The van der Waals surface area contributed by atoms with Crippen molar-refractivity contribution in [1.29, 1.82) is 0 Å². The molecule has 2 aliphatic carbocycles. The van der Waals surface area contributed by atoms with E-state index >= 15 is 0 Å². The van der Waals surface area contributed by atoms with Crippen LogP contribution in [-0.2, 0) is 33.7 Å². The van der Waals surface area contributed by atoms with Gasteiger partial charge >= 0.3 is 11.9 Å². The van der Waals surface area contributed by atoms with Crippen LogP contribution in [0.2, 0.25) is 0 Å². The summed E-state index contributed by atoms with van der Waals surface area (Å²) in [5.41, 5.74) is 2.50. The number of benzene rings is 1. The van der Waals surface area contributed by atoms with Gasteiger partial charge in [0.15, 0.2) is 0 Å². The second kappa shape index (κ2) is 11.8. The molecule has 1 aromatic heterocycles. The molecule has 2 aliphatic rings. The first-order chi connectivity index (χ1) is 17.6. The molecule has 1 fully saturated rings. The molecule has 0 spiro atoms. The Morgan fingerprint density at radius 1 is 1.05 bits per heavy atom. The highest BCUT2D eigenvalue weighted by atomic mass is 32.1. The summed E-state index contributed by atoms with van der Waals surface area (Å²) in [5, 5.41) is 7.17. The maximum absolute atomic E-state index is 13.3. The zero-order valence-electron chi connectivity index (χ0n) is 22.3. The molecule has 1 amide bonds. The Labute approximate surface area is 223 Å². The van der Waals surface area contributed by atoms with Gasteiger partial charge in [0.1, 0.15) is 10.6 Å². The second-order valence-electron chi connectivity index (χ2n) is 11.0. The summed E-state index contributed by atoms with van der Waals surface area (Å²) in [5.74, 6) is -0.715. The van der Waals surface area contributed by atoms with Crippen molar-refractivity contribution in [2.75, 3.05) is 12.4 Å². The van der Waals surface area contributed by atoms with Crippen LogP contribution in [0, 0.1) is 5.92 Å². The summed E-state index contributed by atoms with van der Waals surface area (Å²) in [6.45, 7) is 6.20. The summed E-state index contributed by atoms with van der Waals surface area (Å²) in [7, 11) is 1.45. The number of amides is 1. The average molecular weight is 527 g/mol. The van der Waals surface area contributed by atoms with Gasteiger partial charge < -0.3 is 20.1 Å². The van der Waals surface area contributed by atoms with Gasteiger partial charge in [-0.2, -0.15) is 0 Å². The highest BCUT2D eigenvalue weighted by molar-refractivity contribution is 7.17. The van der Waals surface area contributed by atoms with Crippen LogP contribution in [0.3, 0.4) is 0 Å². The Balaban J connectivity index is 1.42. The number of anilines is 1. The lowest BCUT2D eigenvalue weighted by Crippen LogP contribution is -2.34. The SMILES string of the molecule is COC(=O)C1CCC(NCc2cccc(C(=O)Nc3sc4c(c3C(=O)OC(C)(C)C)CCCC4)c2)CC1. The first-order valence-electron chi connectivity index (χ1n) is 13.2. The molecule has 4 rings (SSSR count). The molecule has 0 aliphatic heterocycles. The van der Waals surface area contributed by atoms with Crippen LogP contribution in [0.4, 0.5) is 5.00 Å². The Hall–Kier alpha value is -2.71. The van der Waals surface area contributed by atoms with Gasteiger partial charge in [-0.1, -0.05) is 12.1 Å². The smallest absolute Gasteiger partial charge is 0.341 e. The maximum Gasteiger partial charge on any atom is 0.341 e. The number of methoxy groups -OCH3 is 1. The molecule has 0 atom stereocenters. The zero-order chi connectivity index (χ0) is 26.6. The number of carbonyl (C=O) groups is 3. The van der Waals surface area contributed by atoms with Gasteiger partial charge in [-0.15, -0.1) is 11.3 Å². The molecule has 0 bridgehead atoms. The quantitative estimate of drug-likeness (QED) is 0.453. The van der Waals surface area contributed by atoms with Gasteiger partial charge in [-0.25, -0.2) is 4.79 Å². The predicted octanol–water partition coefficient (Wildman–Crippen LogP) is 5.66. The van der Waals surface area contributed by atoms with E-state index in [0.717, 1.165) is 62.5 Å². The lowest BCUT2D eigenvalue weighted by atomic mass is 9.86. The summed E-state index contributed by atoms with van der Waals surface area (Å²) in [6, 6.07) is 7.91. The Bertz CT molecular complexity index is 1140. The number of aryl methyl sites for hydroxylation is 1. The summed E-state index contributed by atoms with van der Waals surface area (Å²) in [6.07, 6.45) is 7.40. The van der Waals surface area contributed by atoms with Crippen LogP contribution in [0.25, 0.3) is 0 Å². The normalized spacial score (nSPS) is 19.6. The molecule has 1 aromatic carbocycles. The third-order valence-electron chi connectivity index (χ3n) is 7.05. The van der Waals surface area contributed by atoms with Gasteiger partial charge in [0, 0.05) is 23.0 Å². The first-order valence-corrected chi connectivity index (χ1v) is 14.1. The third kappa shape index (κ3) is 6.99. The fourth-order valence-corrected chi connectivity index (χ4v) is 6.43. The monoisotopic (exact) mass is 526 g/mol. The van der Waals surface area contributed by atoms with E-state index < -0.39 is 5.60 Å². The minimum absolute atomic E-state index is 0.00330. The predicted molar refractivity (Wildman–Crippen MR) is 145 cm³/mol. The molecule has 0 unspecified atom stereocenters. The lowest BCUT2D eigenvalue weighted by molar-refractivity contribution is -0.146. The summed E-state index contributed by atoms with van der Waals surface area (Å²) in [4.78, 5) is 39.3. The van der Waals surface area contributed by atoms with Crippen molar-refractivity contribution in [3.05, 3.63) is 51.4 Å². The number of fused-ring (bicyclic) bond motifs is 1. The van der Waals surface area contributed by atoms with E-state index in [0.29, 0.717) is 28.7 Å². The third-order valence-corrected chi connectivity index (χ3v) is 8.25. The standard InChI is InChI=1S/C29H38N2O5S/c1-29(2,3)36-28(34)24-22-10-5-6-11-23(22)37-26(24)31-25(32)20-9-7-8-18(16-20)17-30-21-14-12-19(13-15-21)27(33)35-4/h7-9,16,19,21,30H,5-6,10-15,17H2,1-4H3,(H,31,32). The first kappa shape index (κ1) is 27.3. The molecule has 0 saturated heterocycles. The Kier molecular flexibility index (Phi) is 8.70. The van der Waals surface area contributed by atoms with Crippen LogP contribution in [0.15, 0.2) is 24.3 Å². The highest BCUT2D eigenvalue weighted by Gasteiger charge is 2.30. The van der Waals surface area contributed by atoms with Crippen molar-refractivity contribution in [2.45, 2.75) is 90.3 Å². The zero-order valence-corrected chi connectivity index (χ0v) is 23.1. The fourth-order valence-electron chi connectivity index (χ4n) is 5.16. The molecule has 37 heavy (non-hydrogen) atoms. The number of thiophene rings is 1.